The zero-order valence-corrected chi connectivity index (χ0v) is 14.3. The van der Waals surface area contributed by atoms with Crippen LogP contribution >= 0.6 is 34.8 Å². The highest BCUT2D eigenvalue weighted by Gasteiger charge is 2.20. The van der Waals surface area contributed by atoms with Crippen LogP contribution in [0, 0.1) is 0 Å². The molecule has 0 fully saturated rings. The molecule has 0 aromatic heterocycles. The summed E-state index contributed by atoms with van der Waals surface area (Å²) >= 11 is 17.6. The van der Waals surface area contributed by atoms with Crippen molar-refractivity contribution in [2.75, 3.05) is 6.61 Å². The molecular formula is C14H12Cl3NO5. The number of hydrogen-bond donors (Lipinski definition) is 2. The molecule has 1 rings (SSSR count). The van der Waals surface area contributed by atoms with Gasteiger partial charge in [0, 0.05) is 6.21 Å². The van der Waals surface area contributed by atoms with Gasteiger partial charge in [-0.2, -0.15) is 0 Å². The van der Waals surface area contributed by atoms with Gasteiger partial charge in [-0.3, -0.25) is 4.99 Å². The number of aromatic carboxylic acids is 1. The van der Waals surface area contributed by atoms with Gasteiger partial charge in [-0.25, -0.2) is 9.59 Å². The number of allylic oxidation sites excluding steroid dienone is 1. The number of rotatable bonds is 5. The predicted octanol–water partition coefficient (Wildman–Crippen LogP) is 4.44. The van der Waals surface area contributed by atoms with E-state index >= 15 is 0 Å². The average Bonchev–Trinajstić information content (AvgIpc) is 2.44. The van der Waals surface area contributed by atoms with Crippen LogP contribution in [0.1, 0.15) is 24.2 Å². The Balaban J connectivity index is 3.36. The first-order chi connectivity index (χ1) is 10.7. The Labute approximate surface area is 146 Å². The van der Waals surface area contributed by atoms with Crippen LogP contribution in [0.4, 0.5) is 5.69 Å². The number of ether oxygens (including phenoxy) is 1. The van der Waals surface area contributed by atoms with E-state index in [0.717, 1.165) is 6.21 Å². The first-order valence-corrected chi connectivity index (χ1v) is 7.35. The molecule has 0 saturated heterocycles. The molecule has 0 aliphatic heterocycles. The molecule has 6 nitrogen and oxygen atoms in total. The number of aliphatic hydroxyl groups is 1. The fourth-order valence-electron chi connectivity index (χ4n) is 1.51. The number of carbonyl (C=O) groups excluding carboxylic acids is 1. The Hall–Kier alpha value is -1.76. The average molecular weight is 381 g/mol. The molecule has 9 heteroatoms. The minimum atomic E-state index is -1.38. The summed E-state index contributed by atoms with van der Waals surface area (Å²) in [6.45, 7) is 2.99. The molecule has 0 spiro atoms. The lowest BCUT2D eigenvalue weighted by Crippen LogP contribution is -2.10. The number of benzene rings is 1. The molecule has 0 amide bonds. The quantitative estimate of drug-likeness (QED) is 0.259. The topological polar surface area (TPSA) is 96.2 Å². The first-order valence-electron chi connectivity index (χ1n) is 6.22. The van der Waals surface area contributed by atoms with Crippen LogP contribution in [0.25, 0.3) is 0 Å². The van der Waals surface area contributed by atoms with E-state index in [1.54, 1.807) is 6.92 Å². The summed E-state index contributed by atoms with van der Waals surface area (Å²) in [5.74, 6) is -2.48. The lowest BCUT2D eigenvalue weighted by atomic mass is 10.2. The number of carboxylic acid groups (broad SMARTS) is 1. The van der Waals surface area contributed by atoms with Crippen molar-refractivity contribution in [1.82, 2.24) is 0 Å². The Bertz CT molecular complexity index is 709. The second-order valence-corrected chi connectivity index (χ2v) is 5.33. The van der Waals surface area contributed by atoms with Crippen molar-refractivity contribution in [2.24, 2.45) is 4.99 Å². The van der Waals surface area contributed by atoms with Gasteiger partial charge < -0.3 is 14.9 Å². The summed E-state index contributed by atoms with van der Waals surface area (Å²) in [7, 11) is 0. The predicted molar refractivity (Wildman–Crippen MR) is 88.5 cm³/mol. The van der Waals surface area contributed by atoms with Crippen molar-refractivity contribution in [3.05, 3.63) is 38.0 Å². The summed E-state index contributed by atoms with van der Waals surface area (Å²) < 4.78 is 4.77. The van der Waals surface area contributed by atoms with Gasteiger partial charge in [0.15, 0.2) is 0 Å². The minimum absolute atomic E-state index is 0.0264. The van der Waals surface area contributed by atoms with Crippen LogP contribution in [0.3, 0.4) is 0 Å². The maximum atomic E-state index is 11.7. The van der Waals surface area contributed by atoms with Gasteiger partial charge in [0.2, 0.25) is 0 Å². The van der Waals surface area contributed by atoms with Gasteiger partial charge in [-0.1, -0.05) is 34.8 Å². The third kappa shape index (κ3) is 4.60. The van der Waals surface area contributed by atoms with E-state index in [1.165, 1.54) is 13.0 Å². The Morgan fingerprint density at radius 1 is 1.26 bits per heavy atom. The van der Waals surface area contributed by atoms with E-state index in [-0.39, 0.29) is 38.7 Å². The maximum absolute atomic E-state index is 11.7. The third-order valence-electron chi connectivity index (χ3n) is 2.57. The van der Waals surface area contributed by atoms with Crippen molar-refractivity contribution in [1.29, 1.82) is 0 Å². The number of carboxylic acids is 1. The molecule has 0 saturated carbocycles. The van der Waals surface area contributed by atoms with Gasteiger partial charge in [0.25, 0.3) is 0 Å². The lowest BCUT2D eigenvalue weighted by Gasteiger charge is -2.08. The molecule has 1 aromatic carbocycles. The van der Waals surface area contributed by atoms with E-state index in [0.29, 0.717) is 0 Å². The monoisotopic (exact) mass is 379 g/mol. The zero-order chi connectivity index (χ0) is 17.7. The van der Waals surface area contributed by atoms with Crippen LogP contribution in [0.15, 0.2) is 22.4 Å². The highest BCUT2D eigenvalue weighted by Crippen LogP contribution is 2.38. The summed E-state index contributed by atoms with van der Waals surface area (Å²) in [6.07, 6.45) is 1.00. The van der Waals surface area contributed by atoms with Crippen LogP contribution in [-0.2, 0) is 9.53 Å². The van der Waals surface area contributed by atoms with Crippen molar-refractivity contribution in [2.45, 2.75) is 13.8 Å². The largest absolute Gasteiger partial charge is 0.512 e. The molecule has 124 valence electrons. The second-order valence-electron chi connectivity index (χ2n) is 4.16. The van der Waals surface area contributed by atoms with Crippen molar-refractivity contribution < 1.29 is 24.5 Å². The Kier molecular flexibility index (Phi) is 6.87. The number of carbonyl (C=O) groups is 2. The number of esters is 1. The smallest absolute Gasteiger partial charge is 0.343 e. The molecule has 0 heterocycles. The number of aliphatic imine (C=N–C) groups is 1. The van der Waals surface area contributed by atoms with Gasteiger partial charge in [-0.15, -0.1) is 0 Å². The lowest BCUT2D eigenvalue weighted by molar-refractivity contribution is -0.138. The minimum Gasteiger partial charge on any atom is -0.512 e. The van der Waals surface area contributed by atoms with Gasteiger partial charge in [0.05, 0.1) is 27.4 Å². The molecule has 0 aliphatic carbocycles. The molecule has 23 heavy (non-hydrogen) atoms. The van der Waals surface area contributed by atoms with Crippen molar-refractivity contribution >= 4 is 58.6 Å². The summed E-state index contributed by atoms with van der Waals surface area (Å²) in [6, 6.07) is 1.24. The van der Waals surface area contributed by atoms with E-state index in [2.05, 4.69) is 4.99 Å². The van der Waals surface area contributed by atoms with Crippen LogP contribution in [0.2, 0.25) is 15.1 Å². The van der Waals surface area contributed by atoms with E-state index in [1.807, 2.05) is 0 Å². The fourth-order valence-corrected chi connectivity index (χ4v) is 2.26. The van der Waals surface area contributed by atoms with Crippen molar-refractivity contribution in [3.8, 4) is 0 Å². The van der Waals surface area contributed by atoms with Crippen LogP contribution in [0.5, 0.6) is 0 Å². The molecule has 0 aliphatic rings. The van der Waals surface area contributed by atoms with E-state index in [9.17, 15) is 14.7 Å². The Morgan fingerprint density at radius 3 is 2.35 bits per heavy atom. The summed E-state index contributed by atoms with van der Waals surface area (Å²) in [4.78, 5) is 26.8. The number of hydrogen-bond acceptors (Lipinski definition) is 5. The number of halogens is 3. The highest BCUT2D eigenvalue weighted by molar-refractivity contribution is 6.47. The summed E-state index contributed by atoms with van der Waals surface area (Å²) in [5.41, 5.74) is -0.636. The van der Waals surface area contributed by atoms with Crippen LogP contribution < -0.4 is 0 Å². The van der Waals surface area contributed by atoms with Gasteiger partial charge in [-0.05, 0) is 19.9 Å². The van der Waals surface area contributed by atoms with E-state index < -0.39 is 17.5 Å². The van der Waals surface area contributed by atoms with E-state index in [4.69, 9.17) is 44.6 Å². The molecule has 0 bridgehead atoms. The van der Waals surface area contributed by atoms with Gasteiger partial charge >= 0.3 is 11.9 Å². The molecule has 0 atom stereocenters. The standard InChI is InChI=1S/C14H12Cl3NO5/c1-3-23-14(22)7(6(2)19)5-18-9-4-8(15)11(16)10(12(9)17)13(20)21/h4-5,19H,3H2,1-2H3,(H,20,21). The molecule has 2 N–H and O–H groups in total. The normalized spacial score (nSPS) is 12.2. The molecule has 1 aromatic rings. The molecule has 0 unspecified atom stereocenters. The van der Waals surface area contributed by atoms with Crippen molar-refractivity contribution in [3.63, 3.8) is 0 Å². The van der Waals surface area contributed by atoms with Crippen LogP contribution in [-0.4, -0.2) is 35.0 Å². The number of aliphatic hydroxyl groups excluding tert-OH is 1. The Morgan fingerprint density at radius 2 is 1.87 bits per heavy atom. The summed E-state index contributed by atoms with van der Waals surface area (Å²) in [5, 5.41) is 18.1. The second kappa shape index (κ2) is 8.19. The maximum Gasteiger partial charge on any atom is 0.343 e. The first kappa shape index (κ1) is 19.3. The highest BCUT2D eigenvalue weighted by atomic mass is 35.5. The van der Waals surface area contributed by atoms with Gasteiger partial charge in [0.1, 0.15) is 16.9 Å². The SMILES string of the molecule is CCOC(=O)C(C=Nc1cc(Cl)c(Cl)c(C(=O)O)c1Cl)=C(C)O. The third-order valence-corrected chi connectivity index (χ3v) is 3.74. The molecular weight excluding hydrogens is 369 g/mol. The molecule has 0 radical (unpaired) electrons. The zero-order valence-electron chi connectivity index (χ0n) is 12.1. The number of nitrogens with zero attached hydrogens (tertiary/aromatic N) is 1. The fraction of sp³-hybridized carbons (Fsp3) is 0.214.